The zero-order chi connectivity index (χ0) is 18.1. The average Bonchev–Trinajstić information content (AvgIpc) is 3.12. The first kappa shape index (κ1) is 17.8. The third-order valence-corrected chi connectivity index (χ3v) is 3.63. The Morgan fingerprint density at radius 1 is 1.38 bits per heavy atom. The van der Waals surface area contributed by atoms with Crippen molar-refractivity contribution in [2.45, 2.75) is 39.8 Å². The first-order valence-electron chi connectivity index (χ1n) is 7.61. The van der Waals surface area contributed by atoms with Crippen LogP contribution in [0.15, 0.2) is 22.9 Å². The maximum atomic E-state index is 12.5. The number of aryl methyl sites for hydroxylation is 1. The summed E-state index contributed by atoms with van der Waals surface area (Å²) in [6.07, 6.45) is 3.28. The number of nitrogens with zero attached hydrogens (tertiary/aromatic N) is 3. The lowest BCUT2D eigenvalue weighted by molar-refractivity contribution is 0.0598. The van der Waals surface area contributed by atoms with Crippen LogP contribution >= 0.6 is 0 Å². The van der Waals surface area contributed by atoms with E-state index in [0.29, 0.717) is 22.6 Å². The number of methoxy groups -OCH3 is 1. The summed E-state index contributed by atoms with van der Waals surface area (Å²) < 4.78 is 12.0. The Morgan fingerprint density at radius 3 is 2.58 bits per heavy atom. The second-order valence-corrected chi connectivity index (χ2v) is 6.68. The minimum Gasteiger partial charge on any atom is -0.465 e. The van der Waals surface area contributed by atoms with Crippen LogP contribution in [0, 0.1) is 6.92 Å². The quantitative estimate of drug-likeness (QED) is 0.804. The number of hydrogen-bond donors (Lipinski definition) is 0. The van der Waals surface area contributed by atoms with Gasteiger partial charge in [0.25, 0.3) is 5.91 Å². The molecule has 1 amide bonds. The number of esters is 1. The number of hydrogen-bond acceptors (Lipinski definition) is 5. The zero-order valence-corrected chi connectivity index (χ0v) is 14.9. The summed E-state index contributed by atoms with van der Waals surface area (Å²) in [5, 5.41) is 4.24. The Bertz CT molecular complexity index is 752. The highest BCUT2D eigenvalue weighted by Crippen LogP contribution is 2.18. The van der Waals surface area contributed by atoms with Crippen LogP contribution in [0.1, 0.15) is 53.0 Å². The van der Waals surface area contributed by atoms with Gasteiger partial charge in [-0.25, -0.2) is 4.79 Å². The summed E-state index contributed by atoms with van der Waals surface area (Å²) in [5.74, 6) is 0.368. The molecule has 0 saturated heterocycles. The van der Waals surface area contributed by atoms with Gasteiger partial charge in [-0.3, -0.25) is 9.48 Å². The van der Waals surface area contributed by atoms with Gasteiger partial charge in [-0.1, -0.05) is 0 Å². The largest absolute Gasteiger partial charge is 0.465 e. The fourth-order valence-electron chi connectivity index (χ4n) is 2.26. The highest BCUT2D eigenvalue weighted by atomic mass is 16.5. The Hall–Kier alpha value is -2.57. The molecule has 0 aliphatic heterocycles. The van der Waals surface area contributed by atoms with E-state index in [1.54, 1.807) is 37.1 Å². The van der Waals surface area contributed by atoms with E-state index in [2.05, 4.69) is 5.10 Å². The standard InChI is InChI=1S/C17H23N3O4/c1-11-14(16(22)23-6)7-13(24-11)10-19(5)15(21)12-8-18-20(9-12)17(2,3)4/h7-9H,10H2,1-6H3. The van der Waals surface area contributed by atoms with Crippen LogP contribution in [0.3, 0.4) is 0 Å². The Morgan fingerprint density at radius 2 is 2.04 bits per heavy atom. The summed E-state index contributed by atoms with van der Waals surface area (Å²) in [6, 6.07) is 1.60. The first-order valence-corrected chi connectivity index (χ1v) is 7.61. The number of carbonyl (C=O) groups is 2. The van der Waals surface area contributed by atoms with Crippen LogP contribution in [0.4, 0.5) is 0 Å². The van der Waals surface area contributed by atoms with Gasteiger partial charge in [0, 0.05) is 13.2 Å². The van der Waals surface area contributed by atoms with Gasteiger partial charge in [-0.2, -0.15) is 5.10 Å². The van der Waals surface area contributed by atoms with E-state index < -0.39 is 5.97 Å². The second kappa shape index (κ2) is 6.51. The highest BCUT2D eigenvalue weighted by molar-refractivity contribution is 5.93. The molecule has 7 nitrogen and oxygen atoms in total. The highest BCUT2D eigenvalue weighted by Gasteiger charge is 2.21. The van der Waals surface area contributed by atoms with E-state index in [1.807, 2.05) is 20.8 Å². The maximum absolute atomic E-state index is 12.5. The lowest BCUT2D eigenvalue weighted by atomic mass is 10.1. The number of furan rings is 1. The minimum absolute atomic E-state index is 0.167. The summed E-state index contributed by atoms with van der Waals surface area (Å²) in [7, 11) is 2.99. The van der Waals surface area contributed by atoms with Gasteiger partial charge >= 0.3 is 5.97 Å². The molecule has 0 unspecified atom stereocenters. The zero-order valence-electron chi connectivity index (χ0n) is 14.9. The van der Waals surface area contributed by atoms with Crippen LogP contribution in [-0.4, -0.2) is 40.7 Å². The molecule has 0 bridgehead atoms. The topological polar surface area (TPSA) is 77.6 Å². The maximum Gasteiger partial charge on any atom is 0.341 e. The molecule has 2 aromatic rings. The number of carbonyl (C=O) groups excluding carboxylic acids is 2. The van der Waals surface area contributed by atoms with Gasteiger partial charge in [0.1, 0.15) is 17.1 Å². The van der Waals surface area contributed by atoms with Crippen LogP contribution in [0.25, 0.3) is 0 Å². The molecule has 0 N–H and O–H groups in total. The predicted molar refractivity (Wildman–Crippen MR) is 87.8 cm³/mol. The SMILES string of the molecule is COC(=O)c1cc(CN(C)C(=O)c2cnn(C(C)(C)C)c2)oc1C. The van der Waals surface area contributed by atoms with Gasteiger partial charge in [0.2, 0.25) is 0 Å². The van der Waals surface area contributed by atoms with Gasteiger partial charge in [0.05, 0.1) is 31.0 Å². The molecule has 0 atom stereocenters. The first-order chi connectivity index (χ1) is 11.1. The Balaban J connectivity index is 2.12. The fourth-order valence-corrected chi connectivity index (χ4v) is 2.26. The van der Waals surface area contributed by atoms with Crippen molar-refractivity contribution in [1.29, 1.82) is 0 Å². The molecule has 2 heterocycles. The molecule has 2 aromatic heterocycles. The molecule has 2 rings (SSSR count). The van der Waals surface area contributed by atoms with Crippen molar-refractivity contribution in [3.63, 3.8) is 0 Å². The number of amides is 1. The third-order valence-electron chi connectivity index (χ3n) is 3.63. The van der Waals surface area contributed by atoms with E-state index in [4.69, 9.17) is 9.15 Å². The van der Waals surface area contributed by atoms with Crippen molar-refractivity contribution in [2.75, 3.05) is 14.2 Å². The Labute approximate surface area is 141 Å². The van der Waals surface area contributed by atoms with Crippen LogP contribution in [0.2, 0.25) is 0 Å². The molecule has 24 heavy (non-hydrogen) atoms. The molecule has 0 radical (unpaired) electrons. The molecule has 130 valence electrons. The molecule has 0 aliphatic carbocycles. The number of aromatic nitrogens is 2. The van der Waals surface area contributed by atoms with E-state index in [-0.39, 0.29) is 18.0 Å². The van der Waals surface area contributed by atoms with Crippen molar-refractivity contribution < 1.29 is 18.7 Å². The number of rotatable bonds is 4. The van der Waals surface area contributed by atoms with Crippen molar-refractivity contribution in [2.24, 2.45) is 0 Å². The second-order valence-electron chi connectivity index (χ2n) is 6.68. The lowest BCUT2D eigenvalue weighted by Gasteiger charge is -2.19. The van der Waals surface area contributed by atoms with E-state index in [1.165, 1.54) is 12.0 Å². The fraction of sp³-hybridized carbons (Fsp3) is 0.471. The minimum atomic E-state index is -0.456. The normalized spacial score (nSPS) is 11.4. The summed E-state index contributed by atoms with van der Waals surface area (Å²) in [4.78, 5) is 25.6. The summed E-state index contributed by atoms with van der Waals surface area (Å²) in [6.45, 7) is 7.97. The van der Waals surface area contributed by atoms with E-state index in [0.717, 1.165) is 0 Å². The number of ether oxygens (including phenoxy) is 1. The summed E-state index contributed by atoms with van der Waals surface area (Å²) in [5.41, 5.74) is 0.683. The molecular formula is C17H23N3O4. The van der Waals surface area contributed by atoms with Gasteiger partial charge in [-0.05, 0) is 33.8 Å². The molecular weight excluding hydrogens is 310 g/mol. The van der Waals surface area contributed by atoms with Crippen molar-refractivity contribution in [3.8, 4) is 0 Å². The van der Waals surface area contributed by atoms with E-state index >= 15 is 0 Å². The lowest BCUT2D eigenvalue weighted by Crippen LogP contribution is -2.26. The molecule has 0 saturated carbocycles. The van der Waals surface area contributed by atoms with Crippen molar-refractivity contribution in [1.82, 2.24) is 14.7 Å². The average molecular weight is 333 g/mol. The predicted octanol–water partition coefficient (Wildman–Crippen LogP) is 2.60. The molecule has 0 fully saturated rings. The van der Waals surface area contributed by atoms with Gasteiger partial charge in [-0.15, -0.1) is 0 Å². The third kappa shape index (κ3) is 3.67. The van der Waals surface area contributed by atoms with Crippen LogP contribution in [-0.2, 0) is 16.8 Å². The van der Waals surface area contributed by atoms with Crippen LogP contribution < -0.4 is 0 Å². The van der Waals surface area contributed by atoms with Gasteiger partial charge in [0.15, 0.2) is 0 Å². The molecule has 7 heteroatoms. The molecule has 0 aromatic carbocycles. The Kier molecular flexibility index (Phi) is 4.82. The van der Waals surface area contributed by atoms with E-state index in [9.17, 15) is 9.59 Å². The monoisotopic (exact) mass is 333 g/mol. The summed E-state index contributed by atoms with van der Waals surface area (Å²) >= 11 is 0. The molecule has 0 spiro atoms. The molecule has 0 aliphatic rings. The van der Waals surface area contributed by atoms with Crippen molar-refractivity contribution in [3.05, 3.63) is 41.1 Å². The van der Waals surface area contributed by atoms with Crippen molar-refractivity contribution >= 4 is 11.9 Å². The smallest absolute Gasteiger partial charge is 0.341 e. The van der Waals surface area contributed by atoms with Gasteiger partial charge < -0.3 is 14.1 Å². The van der Waals surface area contributed by atoms with Crippen LogP contribution in [0.5, 0.6) is 0 Å².